The second-order valence-electron chi connectivity index (χ2n) is 10.2. The number of benzene rings is 2. The van der Waals surface area contributed by atoms with Crippen LogP contribution in [-0.4, -0.2) is 47.5 Å². The van der Waals surface area contributed by atoms with E-state index in [1.807, 2.05) is 6.07 Å². The third kappa shape index (κ3) is 4.62. The van der Waals surface area contributed by atoms with Crippen molar-refractivity contribution >= 4 is 27.7 Å². The van der Waals surface area contributed by atoms with E-state index in [0.717, 1.165) is 22.8 Å². The van der Waals surface area contributed by atoms with Crippen molar-refractivity contribution in [1.29, 1.82) is 0 Å². The summed E-state index contributed by atoms with van der Waals surface area (Å²) in [6.45, 7) is -0.453. The van der Waals surface area contributed by atoms with Crippen LogP contribution in [0.4, 0.5) is 8.78 Å². The van der Waals surface area contributed by atoms with Gasteiger partial charge in [0.05, 0.1) is 40.7 Å². The first-order valence-corrected chi connectivity index (χ1v) is 13.0. The van der Waals surface area contributed by atoms with Gasteiger partial charge in [0.15, 0.2) is 0 Å². The van der Waals surface area contributed by atoms with Crippen LogP contribution in [-0.2, 0) is 13.6 Å². The summed E-state index contributed by atoms with van der Waals surface area (Å²) in [5, 5.41) is 18.3. The minimum atomic E-state index is -0.830. The lowest BCUT2D eigenvalue weighted by molar-refractivity contribution is 0.0718. The molecule has 6 rings (SSSR count). The fourth-order valence-electron chi connectivity index (χ4n) is 5.43. The van der Waals surface area contributed by atoms with E-state index in [4.69, 9.17) is 0 Å². The fraction of sp³-hybridized carbons (Fsp3) is 0.276. The standard InChI is InChI=1S/C29H26F2N6O3/c1-36-12-19-17(5-4-7-24(19)35-36)16-9-22(30)20(23(31)10-16)13-37-14-21(27-18(29(37)40)11-32-15-33-27)28(39)34-25-6-2-3-8-26(25)38/h4-5,7,9-12,14-15,25-26,38H,2-3,6,8,13H2,1H3,(H,34,39)/t25-,26-/m0/s1. The third-order valence-corrected chi connectivity index (χ3v) is 7.48. The number of aromatic nitrogens is 5. The van der Waals surface area contributed by atoms with Gasteiger partial charge in [0.25, 0.3) is 11.5 Å². The number of carbonyl (C=O) groups is 1. The number of aryl methyl sites for hydroxylation is 1. The zero-order chi connectivity index (χ0) is 28.0. The summed E-state index contributed by atoms with van der Waals surface area (Å²) in [4.78, 5) is 34.6. The number of amides is 1. The highest BCUT2D eigenvalue weighted by molar-refractivity contribution is 6.05. The van der Waals surface area contributed by atoms with E-state index in [-0.39, 0.29) is 22.0 Å². The summed E-state index contributed by atoms with van der Waals surface area (Å²) in [6.07, 6.45) is 7.80. The third-order valence-electron chi connectivity index (χ3n) is 7.48. The zero-order valence-electron chi connectivity index (χ0n) is 21.6. The Bertz CT molecular complexity index is 1810. The van der Waals surface area contributed by atoms with Crippen molar-refractivity contribution in [2.75, 3.05) is 0 Å². The lowest BCUT2D eigenvalue weighted by atomic mass is 9.92. The highest BCUT2D eigenvalue weighted by atomic mass is 19.1. The molecule has 1 saturated carbocycles. The molecule has 0 aliphatic heterocycles. The van der Waals surface area contributed by atoms with Crippen molar-refractivity contribution < 1.29 is 18.7 Å². The van der Waals surface area contributed by atoms with Crippen molar-refractivity contribution in [1.82, 2.24) is 29.6 Å². The molecule has 0 radical (unpaired) electrons. The average molecular weight is 545 g/mol. The zero-order valence-corrected chi connectivity index (χ0v) is 21.6. The van der Waals surface area contributed by atoms with Crippen LogP contribution in [0.15, 0.2) is 60.0 Å². The predicted molar refractivity (Wildman–Crippen MR) is 145 cm³/mol. The maximum Gasteiger partial charge on any atom is 0.261 e. The Morgan fingerprint density at radius 2 is 1.90 bits per heavy atom. The second-order valence-corrected chi connectivity index (χ2v) is 10.2. The largest absolute Gasteiger partial charge is 0.391 e. The number of hydrogen-bond donors (Lipinski definition) is 2. The molecule has 1 aliphatic rings. The Kier molecular flexibility index (Phi) is 6.59. The van der Waals surface area contributed by atoms with Crippen molar-refractivity contribution in [2.45, 2.75) is 44.4 Å². The quantitative estimate of drug-likeness (QED) is 0.349. The Hall–Kier alpha value is -4.51. The number of fused-ring (bicyclic) bond motifs is 2. The van der Waals surface area contributed by atoms with E-state index in [1.165, 1.54) is 30.9 Å². The van der Waals surface area contributed by atoms with Gasteiger partial charge in [-0.15, -0.1) is 0 Å². The predicted octanol–water partition coefficient (Wildman–Crippen LogP) is 3.71. The minimum Gasteiger partial charge on any atom is -0.391 e. The Labute approximate surface area is 227 Å². The van der Waals surface area contributed by atoms with Crippen LogP contribution < -0.4 is 10.9 Å². The highest BCUT2D eigenvalue weighted by Gasteiger charge is 2.27. The lowest BCUT2D eigenvalue weighted by Gasteiger charge is -2.28. The van der Waals surface area contributed by atoms with Crippen LogP contribution in [0.2, 0.25) is 0 Å². The highest BCUT2D eigenvalue weighted by Crippen LogP contribution is 2.31. The summed E-state index contributed by atoms with van der Waals surface area (Å²) in [5.41, 5.74) is 0.917. The van der Waals surface area contributed by atoms with Gasteiger partial charge in [-0.3, -0.25) is 14.3 Å². The van der Waals surface area contributed by atoms with Gasteiger partial charge in [-0.1, -0.05) is 25.0 Å². The van der Waals surface area contributed by atoms with Crippen LogP contribution in [0, 0.1) is 11.6 Å². The number of hydrogen-bond acceptors (Lipinski definition) is 6. The molecule has 2 N–H and O–H groups in total. The summed E-state index contributed by atoms with van der Waals surface area (Å²) >= 11 is 0. The summed E-state index contributed by atoms with van der Waals surface area (Å²) < 4.78 is 33.6. The van der Waals surface area contributed by atoms with Gasteiger partial charge in [0.2, 0.25) is 0 Å². The number of nitrogens with one attached hydrogen (secondary N) is 1. The van der Waals surface area contributed by atoms with E-state index >= 15 is 8.78 Å². The van der Waals surface area contributed by atoms with Gasteiger partial charge >= 0.3 is 0 Å². The van der Waals surface area contributed by atoms with Crippen molar-refractivity contribution in [2.24, 2.45) is 7.05 Å². The van der Waals surface area contributed by atoms with Crippen LogP contribution >= 0.6 is 0 Å². The molecule has 11 heteroatoms. The van der Waals surface area contributed by atoms with Crippen LogP contribution in [0.25, 0.3) is 32.9 Å². The number of carbonyl (C=O) groups excluding carboxylic acids is 1. The molecule has 40 heavy (non-hydrogen) atoms. The Morgan fingerprint density at radius 3 is 2.67 bits per heavy atom. The molecule has 1 fully saturated rings. The molecular formula is C29H26F2N6O3. The first kappa shape index (κ1) is 25.8. The van der Waals surface area contributed by atoms with Crippen molar-refractivity contribution in [3.8, 4) is 11.1 Å². The molecule has 3 heterocycles. The molecule has 204 valence electrons. The number of aliphatic hydroxyl groups excluding tert-OH is 1. The van der Waals surface area contributed by atoms with Gasteiger partial charge in [-0.2, -0.15) is 5.10 Å². The lowest BCUT2D eigenvalue weighted by Crippen LogP contribution is -2.45. The molecule has 9 nitrogen and oxygen atoms in total. The summed E-state index contributed by atoms with van der Waals surface area (Å²) in [7, 11) is 1.77. The molecule has 2 atom stereocenters. The van der Waals surface area contributed by atoms with E-state index in [0.29, 0.717) is 29.5 Å². The molecule has 0 saturated heterocycles. The van der Waals surface area contributed by atoms with E-state index in [1.54, 1.807) is 30.1 Å². The normalized spacial score (nSPS) is 17.4. The molecule has 3 aromatic heterocycles. The van der Waals surface area contributed by atoms with Gasteiger partial charge in [-0.05, 0) is 42.2 Å². The number of pyridine rings is 1. The van der Waals surface area contributed by atoms with E-state index in [9.17, 15) is 14.7 Å². The van der Waals surface area contributed by atoms with Crippen LogP contribution in [0.3, 0.4) is 0 Å². The first-order chi connectivity index (χ1) is 19.3. The monoisotopic (exact) mass is 544 g/mol. The number of halogens is 2. The second kappa shape index (κ2) is 10.2. The topological polar surface area (TPSA) is 115 Å². The van der Waals surface area contributed by atoms with E-state index < -0.39 is 41.8 Å². The Balaban J connectivity index is 1.38. The molecule has 1 amide bonds. The van der Waals surface area contributed by atoms with Crippen LogP contribution in [0.5, 0.6) is 0 Å². The van der Waals surface area contributed by atoms with Gasteiger partial charge in [0, 0.05) is 36.6 Å². The summed E-state index contributed by atoms with van der Waals surface area (Å²) in [5.74, 6) is -2.20. The molecular weight excluding hydrogens is 518 g/mol. The molecule has 2 aromatic carbocycles. The van der Waals surface area contributed by atoms with E-state index in [2.05, 4.69) is 20.4 Å². The SMILES string of the molecule is Cn1cc2c(-c3cc(F)c(Cn4cc(C(=O)N[C@H]5CCCC[C@@H]5O)c5ncncc5c4=O)c(F)c3)cccc2n1. The molecule has 1 aliphatic carbocycles. The molecule has 0 spiro atoms. The summed E-state index contributed by atoms with van der Waals surface area (Å²) in [6, 6.07) is 7.37. The number of aliphatic hydroxyl groups is 1. The van der Waals surface area contributed by atoms with Crippen molar-refractivity contribution in [3.05, 3.63) is 88.4 Å². The molecule has 5 aromatic rings. The van der Waals surface area contributed by atoms with Gasteiger partial charge < -0.3 is 15.0 Å². The van der Waals surface area contributed by atoms with Gasteiger partial charge in [0.1, 0.15) is 18.0 Å². The first-order valence-electron chi connectivity index (χ1n) is 13.0. The maximum atomic E-state index is 15.4. The fourth-order valence-corrected chi connectivity index (χ4v) is 5.43. The van der Waals surface area contributed by atoms with Crippen molar-refractivity contribution in [3.63, 3.8) is 0 Å². The Morgan fingerprint density at radius 1 is 1.12 bits per heavy atom. The number of nitrogens with zero attached hydrogens (tertiary/aromatic N) is 5. The van der Waals surface area contributed by atoms with Gasteiger partial charge in [-0.25, -0.2) is 18.7 Å². The molecule has 0 bridgehead atoms. The molecule has 0 unspecified atom stereocenters. The van der Waals surface area contributed by atoms with Crippen LogP contribution in [0.1, 0.15) is 41.6 Å². The number of rotatable bonds is 5. The smallest absolute Gasteiger partial charge is 0.261 e. The average Bonchev–Trinajstić information content (AvgIpc) is 3.33. The maximum absolute atomic E-state index is 15.4. The minimum absolute atomic E-state index is 0.0417.